The minimum absolute atomic E-state index is 0.171. The zero-order valence-electron chi connectivity index (χ0n) is 18.6. The molecule has 4 aromatic rings. The lowest BCUT2D eigenvalue weighted by molar-refractivity contribution is -0.393. The number of para-hydroxylation sites is 1. The molecule has 1 aromatic heterocycles. The molecule has 0 aliphatic rings. The number of hydrogen-bond donors (Lipinski definition) is 1. The van der Waals surface area contributed by atoms with E-state index in [0.29, 0.717) is 33.7 Å². The van der Waals surface area contributed by atoms with Gasteiger partial charge in [0.1, 0.15) is 17.2 Å². The Bertz CT molecular complexity index is 1490. The highest BCUT2D eigenvalue weighted by atomic mass is 16.6. The fourth-order valence-electron chi connectivity index (χ4n) is 3.59. The lowest BCUT2D eigenvalue weighted by Crippen LogP contribution is -2.14. The Labute approximate surface area is 198 Å². The predicted octanol–water partition coefficient (Wildman–Crippen LogP) is 4.99. The number of ether oxygens (including phenoxy) is 2. The number of non-ortho nitro benzene ring substituents is 1. The summed E-state index contributed by atoms with van der Waals surface area (Å²) in [5, 5.41) is 25.5. The molecule has 0 saturated carbocycles. The van der Waals surface area contributed by atoms with Crippen molar-refractivity contribution in [1.82, 2.24) is 4.98 Å². The number of hydrogen-bond acceptors (Lipinski definition) is 8. The summed E-state index contributed by atoms with van der Waals surface area (Å²) in [6.07, 6.45) is 0. The summed E-state index contributed by atoms with van der Waals surface area (Å²) in [6.45, 7) is 0. The van der Waals surface area contributed by atoms with Crippen LogP contribution < -0.4 is 14.8 Å². The van der Waals surface area contributed by atoms with Gasteiger partial charge in [-0.05, 0) is 30.3 Å². The molecule has 1 heterocycles. The molecule has 35 heavy (non-hydrogen) atoms. The summed E-state index contributed by atoms with van der Waals surface area (Å²) in [6, 6.07) is 16.7. The molecule has 1 N–H and O–H groups in total. The third-order valence-electron chi connectivity index (χ3n) is 5.28. The van der Waals surface area contributed by atoms with Crippen LogP contribution in [0.4, 0.5) is 17.1 Å². The Kier molecular flexibility index (Phi) is 6.23. The molecule has 176 valence electrons. The smallest absolute Gasteiger partial charge is 0.299 e. The van der Waals surface area contributed by atoms with Gasteiger partial charge < -0.3 is 14.8 Å². The van der Waals surface area contributed by atoms with Crippen molar-refractivity contribution < 1.29 is 24.1 Å². The largest absolute Gasteiger partial charge is 0.497 e. The number of aromatic nitrogens is 1. The second-order valence-corrected chi connectivity index (χ2v) is 7.31. The van der Waals surface area contributed by atoms with Crippen molar-refractivity contribution in [2.24, 2.45) is 0 Å². The van der Waals surface area contributed by atoms with Gasteiger partial charge in [0.25, 0.3) is 17.3 Å². The minimum atomic E-state index is -0.791. The Morgan fingerprint density at radius 3 is 2.37 bits per heavy atom. The van der Waals surface area contributed by atoms with Gasteiger partial charge >= 0.3 is 0 Å². The van der Waals surface area contributed by atoms with Gasteiger partial charge in [-0.25, -0.2) is 4.98 Å². The Morgan fingerprint density at radius 1 is 0.914 bits per heavy atom. The Morgan fingerprint density at radius 2 is 1.69 bits per heavy atom. The summed E-state index contributed by atoms with van der Waals surface area (Å²) >= 11 is 0. The summed E-state index contributed by atoms with van der Waals surface area (Å²) in [7, 11) is 3.03. The number of amides is 1. The van der Waals surface area contributed by atoms with E-state index in [-0.39, 0.29) is 11.3 Å². The van der Waals surface area contributed by atoms with Crippen LogP contribution in [0, 0.1) is 20.2 Å². The molecule has 0 fully saturated rings. The zero-order chi connectivity index (χ0) is 25.1. The van der Waals surface area contributed by atoms with E-state index in [1.54, 1.807) is 48.5 Å². The van der Waals surface area contributed by atoms with E-state index in [1.165, 1.54) is 14.2 Å². The van der Waals surface area contributed by atoms with E-state index < -0.39 is 27.1 Å². The maximum absolute atomic E-state index is 13.3. The van der Waals surface area contributed by atoms with Gasteiger partial charge in [-0.2, -0.15) is 0 Å². The van der Waals surface area contributed by atoms with Gasteiger partial charge in [-0.3, -0.25) is 25.0 Å². The lowest BCUT2D eigenvalue weighted by atomic mass is 10.0. The molecule has 0 unspecified atom stereocenters. The van der Waals surface area contributed by atoms with Crippen molar-refractivity contribution in [3.63, 3.8) is 0 Å². The van der Waals surface area contributed by atoms with Crippen LogP contribution in [0.5, 0.6) is 11.5 Å². The highest BCUT2D eigenvalue weighted by Crippen LogP contribution is 2.35. The van der Waals surface area contributed by atoms with Crippen LogP contribution >= 0.6 is 0 Å². The monoisotopic (exact) mass is 474 g/mol. The summed E-state index contributed by atoms with van der Waals surface area (Å²) in [5.41, 5.74) is 0.541. The average molecular weight is 474 g/mol. The van der Waals surface area contributed by atoms with Gasteiger partial charge in [0.05, 0.1) is 46.9 Å². The fraction of sp³-hybridized carbons (Fsp3) is 0.0833. The van der Waals surface area contributed by atoms with Crippen molar-refractivity contribution in [2.45, 2.75) is 0 Å². The number of rotatable bonds is 7. The van der Waals surface area contributed by atoms with E-state index in [4.69, 9.17) is 9.47 Å². The fourth-order valence-corrected chi connectivity index (χ4v) is 3.59. The number of nitrogens with zero attached hydrogens (tertiary/aromatic N) is 3. The molecule has 0 bridgehead atoms. The van der Waals surface area contributed by atoms with Gasteiger partial charge in [0, 0.05) is 23.1 Å². The molecule has 4 rings (SSSR count). The summed E-state index contributed by atoms with van der Waals surface area (Å²) in [4.78, 5) is 38.9. The van der Waals surface area contributed by atoms with Crippen LogP contribution in [0.25, 0.3) is 22.2 Å². The van der Waals surface area contributed by atoms with Crippen molar-refractivity contribution in [3.8, 4) is 22.8 Å². The average Bonchev–Trinajstić information content (AvgIpc) is 2.87. The van der Waals surface area contributed by atoms with Crippen LogP contribution in [0.1, 0.15) is 10.4 Å². The standard InChI is InChI=1S/C24H18N4O7/c1-34-15-8-9-17(23(12-15)35-2)21-13-18(16-5-3-4-6-19(16)25-21)24(29)26-20-10-7-14(27(30)31)11-22(20)28(32)33/h3-13H,1-2H3,(H,26,29). The van der Waals surface area contributed by atoms with Crippen LogP contribution in [0.2, 0.25) is 0 Å². The molecule has 0 spiro atoms. The maximum Gasteiger partial charge on any atom is 0.299 e. The second kappa shape index (κ2) is 9.43. The number of anilines is 1. The molecule has 11 nitrogen and oxygen atoms in total. The van der Waals surface area contributed by atoms with Crippen LogP contribution in [-0.2, 0) is 0 Å². The number of nitro groups is 2. The predicted molar refractivity (Wildman–Crippen MR) is 128 cm³/mol. The van der Waals surface area contributed by atoms with Crippen molar-refractivity contribution in [1.29, 1.82) is 0 Å². The molecule has 3 aromatic carbocycles. The van der Waals surface area contributed by atoms with Gasteiger partial charge in [0.2, 0.25) is 0 Å². The first-order valence-electron chi connectivity index (χ1n) is 10.2. The normalized spacial score (nSPS) is 10.6. The highest BCUT2D eigenvalue weighted by Gasteiger charge is 2.23. The van der Waals surface area contributed by atoms with E-state index in [1.807, 2.05) is 0 Å². The third kappa shape index (κ3) is 4.55. The molecule has 0 saturated heterocycles. The first-order chi connectivity index (χ1) is 16.8. The highest BCUT2D eigenvalue weighted by molar-refractivity contribution is 6.13. The number of carbonyl (C=O) groups excluding carboxylic acids is 1. The molecule has 1 amide bonds. The molecule has 11 heteroatoms. The summed E-state index contributed by atoms with van der Waals surface area (Å²) in [5.74, 6) is 0.411. The third-order valence-corrected chi connectivity index (χ3v) is 5.28. The first-order valence-corrected chi connectivity index (χ1v) is 10.2. The van der Waals surface area contributed by atoms with Crippen LogP contribution in [0.15, 0.2) is 66.7 Å². The van der Waals surface area contributed by atoms with E-state index in [0.717, 1.165) is 18.2 Å². The minimum Gasteiger partial charge on any atom is -0.497 e. The first kappa shape index (κ1) is 23.1. The van der Waals surface area contributed by atoms with Crippen molar-refractivity contribution in [3.05, 3.63) is 92.5 Å². The van der Waals surface area contributed by atoms with E-state index in [2.05, 4.69) is 10.3 Å². The zero-order valence-corrected chi connectivity index (χ0v) is 18.6. The Balaban J connectivity index is 1.82. The lowest BCUT2D eigenvalue weighted by Gasteiger charge is -2.13. The van der Waals surface area contributed by atoms with Crippen LogP contribution in [-0.4, -0.2) is 35.0 Å². The number of pyridine rings is 1. The molecule has 0 aliphatic heterocycles. The van der Waals surface area contributed by atoms with Crippen molar-refractivity contribution in [2.75, 3.05) is 19.5 Å². The number of methoxy groups -OCH3 is 2. The second-order valence-electron chi connectivity index (χ2n) is 7.31. The number of nitro benzene ring substituents is 2. The number of fused-ring (bicyclic) bond motifs is 1. The number of carbonyl (C=O) groups is 1. The van der Waals surface area contributed by atoms with Gasteiger partial charge in [0.15, 0.2) is 0 Å². The molecule has 0 aliphatic carbocycles. The topological polar surface area (TPSA) is 147 Å². The van der Waals surface area contributed by atoms with Gasteiger partial charge in [-0.1, -0.05) is 18.2 Å². The SMILES string of the molecule is COc1ccc(-c2cc(C(=O)Nc3ccc([N+](=O)[O-])cc3[N+](=O)[O-])c3ccccc3n2)c(OC)c1. The van der Waals surface area contributed by atoms with Gasteiger partial charge in [-0.15, -0.1) is 0 Å². The van der Waals surface area contributed by atoms with E-state index >= 15 is 0 Å². The molecule has 0 radical (unpaired) electrons. The number of nitrogens with one attached hydrogen (secondary N) is 1. The number of benzene rings is 3. The molecular weight excluding hydrogens is 456 g/mol. The summed E-state index contributed by atoms with van der Waals surface area (Å²) < 4.78 is 10.7. The van der Waals surface area contributed by atoms with Crippen LogP contribution in [0.3, 0.4) is 0 Å². The van der Waals surface area contributed by atoms with Crippen molar-refractivity contribution >= 4 is 33.9 Å². The van der Waals surface area contributed by atoms with E-state index in [9.17, 15) is 25.0 Å². The Hall–Kier alpha value is -5.06. The maximum atomic E-state index is 13.3. The quantitative estimate of drug-likeness (QED) is 0.291. The molecular formula is C24H18N4O7. The molecule has 0 atom stereocenters.